The van der Waals surface area contributed by atoms with Crippen LogP contribution in [-0.4, -0.2) is 35.8 Å². The summed E-state index contributed by atoms with van der Waals surface area (Å²) in [6, 6.07) is 4.34. The zero-order valence-electron chi connectivity index (χ0n) is 11.1. The fraction of sp³-hybridized carbons (Fsp3) is 0.714. The number of ether oxygens (including phenoxy) is 1. The van der Waals surface area contributed by atoms with Crippen molar-refractivity contribution in [3.8, 4) is 0 Å². The van der Waals surface area contributed by atoms with Gasteiger partial charge in [0, 0.05) is 38.7 Å². The summed E-state index contributed by atoms with van der Waals surface area (Å²) in [5, 5.41) is 0. The molecule has 17 heavy (non-hydrogen) atoms. The van der Waals surface area contributed by atoms with Crippen LogP contribution in [-0.2, 0) is 18.3 Å². The molecule has 0 aromatic carbocycles. The van der Waals surface area contributed by atoms with E-state index in [-0.39, 0.29) is 0 Å². The van der Waals surface area contributed by atoms with Crippen molar-refractivity contribution < 1.29 is 4.74 Å². The van der Waals surface area contributed by atoms with Gasteiger partial charge in [0.1, 0.15) is 0 Å². The first-order valence-corrected chi connectivity index (χ1v) is 6.70. The van der Waals surface area contributed by atoms with Crippen LogP contribution < -0.4 is 0 Å². The number of aryl methyl sites for hydroxylation is 1. The van der Waals surface area contributed by atoms with Crippen molar-refractivity contribution in [2.75, 3.05) is 26.3 Å². The van der Waals surface area contributed by atoms with E-state index in [4.69, 9.17) is 4.74 Å². The summed E-state index contributed by atoms with van der Waals surface area (Å²) in [6.45, 7) is 7.39. The van der Waals surface area contributed by atoms with E-state index in [9.17, 15) is 0 Å². The fourth-order valence-electron chi connectivity index (χ4n) is 2.49. The molecule has 3 nitrogen and oxygen atoms in total. The lowest BCUT2D eigenvalue weighted by atomic mass is 9.98. The Balaban J connectivity index is 1.74. The van der Waals surface area contributed by atoms with Crippen LogP contribution in [0.3, 0.4) is 0 Å². The summed E-state index contributed by atoms with van der Waals surface area (Å²) in [4.78, 5) is 2.55. The summed E-state index contributed by atoms with van der Waals surface area (Å²) >= 11 is 0. The molecule has 0 unspecified atom stereocenters. The Morgan fingerprint density at radius 3 is 2.71 bits per heavy atom. The molecule has 1 aliphatic rings. The van der Waals surface area contributed by atoms with Crippen molar-refractivity contribution in [3.05, 3.63) is 24.0 Å². The molecule has 1 aromatic heterocycles. The third-order valence-corrected chi connectivity index (χ3v) is 3.70. The second kappa shape index (κ2) is 6.22. The van der Waals surface area contributed by atoms with Crippen molar-refractivity contribution in [3.63, 3.8) is 0 Å². The summed E-state index contributed by atoms with van der Waals surface area (Å²) < 4.78 is 7.73. The fourth-order valence-corrected chi connectivity index (χ4v) is 2.49. The van der Waals surface area contributed by atoms with Gasteiger partial charge < -0.3 is 9.30 Å². The molecule has 0 bridgehead atoms. The van der Waals surface area contributed by atoms with Crippen molar-refractivity contribution in [2.24, 2.45) is 13.0 Å². The van der Waals surface area contributed by atoms with Gasteiger partial charge in [-0.05, 0) is 50.9 Å². The van der Waals surface area contributed by atoms with Crippen LogP contribution in [0.4, 0.5) is 0 Å². The highest BCUT2D eigenvalue weighted by Crippen LogP contribution is 2.19. The number of aromatic nitrogens is 1. The maximum Gasteiger partial charge on any atom is 0.0495 e. The Morgan fingerprint density at radius 2 is 2.12 bits per heavy atom. The van der Waals surface area contributed by atoms with Gasteiger partial charge in [-0.3, -0.25) is 4.90 Å². The largest absolute Gasteiger partial charge is 0.381 e. The quantitative estimate of drug-likeness (QED) is 0.780. The van der Waals surface area contributed by atoms with Crippen LogP contribution in [0.15, 0.2) is 18.3 Å². The minimum Gasteiger partial charge on any atom is -0.381 e. The minimum absolute atomic E-state index is 0.777. The van der Waals surface area contributed by atoms with Crippen molar-refractivity contribution in [1.82, 2.24) is 9.47 Å². The number of piperidine rings is 1. The van der Waals surface area contributed by atoms with E-state index >= 15 is 0 Å². The van der Waals surface area contributed by atoms with Crippen LogP contribution in [0.5, 0.6) is 0 Å². The molecule has 0 amide bonds. The van der Waals surface area contributed by atoms with Gasteiger partial charge in [-0.2, -0.15) is 0 Å². The average Bonchev–Trinajstić information content (AvgIpc) is 2.74. The molecular weight excluding hydrogens is 212 g/mol. The molecule has 0 aliphatic carbocycles. The average molecular weight is 236 g/mol. The van der Waals surface area contributed by atoms with Crippen LogP contribution in [0.2, 0.25) is 0 Å². The van der Waals surface area contributed by atoms with Gasteiger partial charge in [-0.15, -0.1) is 0 Å². The summed E-state index contributed by atoms with van der Waals surface area (Å²) in [7, 11) is 2.12. The summed E-state index contributed by atoms with van der Waals surface area (Å²) in [6.07, 6.45) is 4.69. The van der Waals surface area contributed by atoms with Gasteiger partial charge in [0.25, 0.3) is 0 Å². The van der Waals surface area contributed by atoms with Crippen LogP contribution in [0, 0.1) is 5.92 Å². The maximum absolute atomic E-state index is 5.51. The van der Waals surface area contributed by atoms with Gasteiger partial charge in [0.05, 0.1) is 0 Å². The summed E-state index contributed by atoms with van der Waals surface area (Å²) in [5.41, 5.74) is 1.41. The zero-order valence-corrected chi connectivity index (χ0v) is 11.1. The lowest BCUT2D eigenvalue weighted by molar-refractivity contribution is 0.0718. The van der Waals surface area contributed by atoms with E-state index < -0.39 is 0 Å². The second-order valence-electron chi connectivity index (χ2n) is 4.99. The molecule has 2 rings (SSSR count). The molecule has 0 N–H and O–H groups in total. The van der Waals surface area contributed by atoms with E-state index in [0.29, 0.717) is 0 Å². The zero-order chi connectivity index (χ0) is 12.1. The van der Waals surface area contributed by atoms with Crippen molar-refractivity contribution in [1.29, 1.82) is 0 Å². The third-order valence-electron chi connectivity index (χ3n) is 3.70. The number of nitrogens with zero attached hydrogens (tertiary/aromatic N) is 2. The van der Waals surface area contributed by atoms with Crippen LogP contribution in [0.25, 0.3) is 0 Å². The maximum atomic E-state index is 5.51. The van der Waals surface area contributed by atoms with E-state index in [2.05, 4.69) is 41.8 Å². The minimum atomic E-state index is 0.777. The first-order chi connectivity index (χ1) is 8.29. The monoisotopic (exact) mass is 236 g/mol. The number of likely N-dealkylation sites (tertiary alicyclic amines) is 1. The molecule has 3 heteroatoms. The highest BCUT2D eigenvalue weighted by molar-refractivity contribution is 5.06. The Hall–Kier alpha value is -0.800. The first-order valence-electron chi connectivity index (χ1n) is 6.70. The van der Waals surface area contributed by atoms with E-state index in [1.165, 1.54) is 31.6 Å². The highest BCUT2D eigenvalue weighted by atomic mass is 16.5. The number of hydrogen-bond donors (Lipinski definition) is 0. The standard InChI is InChI=1S/C14H24N2O/c1-3-17-12-13-6-9-16(10-7-13)11-14-5-4-8-15(14)2/h4-5,8,13H,3,6-7,9-12H2,1-2H3. The van der Waals surface area contributed by atoms with Gasteiger partial charge in [-0.25, -0.2) is 0 Å². The lowest BCUT2D eigenvalue weighted by Gasteiger charge is -2.31. The highest BCUT2D eigenvalue weighted by Gasteiger charge is 2.19. The molecule has 0 atom stereocenters. The normalized spacial score (nSPS) is 18.7. The molecule has 1 saturated heterocycles. The van der Waals surface area contributed by atoms with Crippen molar-refractivity contribution in [2.45, 2.75) is 26.3 Å². The smallest absolute Gasteiger partial charge is 0.0495 e. The van der Waals surface area contributed by atoms with Gasteiger partial charge in [0.15, 0.2) is 0 Å². The predicted octanol–water partition coefficient (Wildman–Crippen LogP) is 2.27. The molecule has 0 spiro atoms. The predicted molar refractivity (Wildman–Crippen MR) is 69.9 cm³/mol. The summed E-state index contributed by atoms with van der Waals surface area (Å²) in [5.74, 6) is 0.777. The Morgan fingerprint density at radius 1 is 1.35 bits per heavy atom. The molecule has 1 aromatic rings. The van der Waals surface area contributed by atoms with Gasteiger partial charge in [0.2, 0.25) is 0 Å². The van der Waals surface area contributed by atoms with Crippen LogP contribution in [0.1, 0.15) is 25.5 Å². The Bertz CT molecular complexity index is 327. The van der Waals surface area contributed by atoms with Crippen LogP contribution >= 0.6 is 0 Å². The molecule has 1 fully saturated rings. The first kappa shape index (κ1) is 12.7. The Kier molecular flexibility index (Phi) is 4.63. The SMILES string of the molecule is CCOCC1CCN(Cc2cccn2C)CC1. The molecule has 0 radical (unpaired) electrons. The van der Waals surface area contributed by atoms with Gasteiger partial charge in [-0.1, -0.05) is 0 Å². The lowest BCUT2D eigenvalue weighted by Crippen LogP contribution is -2.35. The van der Waals surface area contributed by atoms with Crippen molar-refractivity contribution >= 4 is 0 Å². The molecule has 96 valence electrons. The Labute approximate surface area is 104 Å². The van der Waals surface area contributed by atoms with E-state index in [1.54, 1.807) is 0 Å². The third kappa shape index (κ3) is 3.58. The van der Waals surface area contributed by atoms with E-state index in [0.717, 1.165) is 25.7 Å². The number of hydrogen-bond acceptors (Lipinski definition) is 2. The second-order valence-corrected chi connectivity index (χ2v) is 4.99. The topological polar surface area (TPSA) is 17.4 Å². The van der Waals surface area contributed by atoms with E-state index in [1.807, 2.05) is 0 Å². The molecule has 2 heterocycles. The molecule has 1 aliphatic heterocycles. The molecule has 0 saturated carbocycles. The number of rotatable bonds is 5. The van der Waals surface area contributed by atoms with Gasteiger partial charge >= 0.3 is 0 Å². The molecular formula is C14H24N2O.